The molecule has 0 aromatic heterocycles. The number of nitrogens with two attached hydrogens (primary N) is 1. The Morgan fingerprint density at radius 3 is 2.00 bits per heavy atom. The molecule has 3 N–H and O–H groups in total. The van der Waals surface area contributed by atoms with Gasteiger partial charge in [0.05, 0.1) is 5.92 Å². The summed E-state index contributed by atoms with van der Waals surface area (Å²) in [5.41, 5.74) is 9.74. The van der Waals surface area contributed by atoms with Crippen LogP contribution in [-0.4, -0.2) is 17.9 Å². The zero-order chi connectivity index (χ0) is 19.9. The number of amides is 2. The second-order valence-corrected chi connectivity index (χ2v) is 7.63. The van der Waals surface area contributed by atoms with Crippen LogP contribution in [0.1, 0.15) is 68.9 Å². The van der Waals surface area contributed by atoms with Crippen LogP contribution in [0.5, 0.6) is 0 Å². The molecule has 0 unspecified atom stereocenters. The van der Waals surface area contributed by atoms with Crippen LogP contribution in [0, 0.1) is 0 Å². The van der Waals surface area contributed by atoms with Crippen LogP contribution in [0.4, 0.5) is 0 Å². The molecule has 0 aliphatic heterocycles. The van der Waals surface area contributed by atoms with Crippen molar-refractivity contribution in [1.82, 2.24) is 5.32 Å². The highest BCUT2D eigenvalue weighted by Gasteiger charge is 2.34. The van der Waals surface area contributed by atoms with Crippen molar-refractivity contribution in [3.63, 3.8) is 0 Å². The molecule has 3 rings (SSSR count). The summed E-state index contributed by atoms with van der Waals surface area (Å²) in [6.45, 7) is 2.19. The van der Waals surface area contributed by atoms with Gasteiger partial charge in [0.1, 0.15) is 6.04 Å². The lowest BCUT2D eigenvalue weighted by Gasteiger charge is -2.19. The third kappa shape index (κ3) is 4.44. The van der Waals surface area contributed by atoms with E-state index in [4.69, 9.17) is 5.73 Å². The van der Waals surface area contributed by atoms with Crippen molar-refractivity contribution in [2.24, 2.45) is 5.73 Å². The summed E-state index contributed by atoms with van der Waals surface area (Å²) in [5, 5.41) is 2.93. The van der Waals surface area contributed by atoms with Gasteiger partial charge in [-0.1, -0.05) is 94.0 Å². The number of unbranched alkanes of at least 4 members (excludes halogenated alkanes) is 5. The lowest BCUT2D eigenvalue weighted by Crippen LogP contribution is -2.46. The number of carbonyl (C=O) groups is 2. The van der Waals surface area contributed by atoms with Crippen molar-refractivity contribution in [1.29, 1.82) is 0 Å². The van der Waals surface area contributed by atoms with E-state index in [1.807, 2.05) is 48.5 Å². The maximum atomic E-state index is 13.1. The van der Waals surface area contributed by atoms with Crippen LogP contribution < -0.4 is 11.1 Å². The molecule has 2 amide bonds. The third-order valence-corrected chi connectivity index (χ3v) is 5.60. The molecular weight excluding hydrogens is 348 g/mol. The summed E-state index contributed by atoms with van der Waals surface area (Å²) in [6.07, 6.45) is 7.41. The highest BCUT2D eigenvalue weighted by molar-refractivity contribution is 5.98. The highest BCUT2D eigenvalue weighted by Crippen LogP contribution is 2.44. The lowest BCUT2D eigenvalue weighted by atomic mass is 9.95. The Kier molecular flexibility index (Phi) is 6.85. The maximum Gasteiger partial charge on any atom is 0.240 e. The van der Waals surface area contributed by atoms with Gasteiger partial charge < -0.3 is 11.1 Å². The molecule has 0 fully saturated rings. The number of fused-ring (bicyclic) bond motifs is 3. The SMILES string of the molecule is CCCCCCCC[C@H](NC(=O)C1c2ccccc2-c2ccccc21)C(N)=O. The monoisotopic (exact) mass is 378 g/mol. The van der Waals surface area contributed by atoms with Crippen molar-refractivity contribution in [3.8, 4) is 11.1 Å². The summed E-state index contributed by atoms with van der Waals surface area (Å²) in [5.74, 6) is -0.993. The van der Waals surface area contributed by atoms with E-state index in [2.05, 4.69) is 12.2 Å². The van der Waals surface area contributed by atoms with Crippen molar-refractivity contribution in [3.05, 3.63) is 59.7 Å². The smallest absolute Gasteiger partial charge is 0.240 e. The molecule has 148 valence electrons. The molecule has 1 atom stereocenters. The second kappa shape index (κ2) is 9.54. The van der Waals surface area contributed by atoms with Gasteiger partial charge in [-0.25, -0.2) is 0 Å². The lowest BCUT2D eigenvalue weighted by molar-refractivity contribution is -0.127. The molecule has 4 heteroatoms. The van der Waals surface area contributed by atoms with Crippen molar-refractivity contribution in [2.75, 3.05) is 0 Å². The van der Waals surface area contributed by atoms with E-state index in [1.165, 1.54) is 19.3 Å². The standard InChI is InChI=1S/C24H30N2O2/c1-2-3-4-5-6-7-16-21(23(25)27)26-24(28)22-19-14-10-8-12-17(19)18-13-9-11-15-20(18)22/h8-15,21-22H,2-7,16H2,1H3,(H2,25,27)(H,26,28)/t21-/m0/s1. The van der Waals surface area contributed by atoms with E-state index >= 15 is 0 Å². The van der Waals surface area contributed by atoms with E-state index in [0.29, 0.717) is 6.42 Å². The summed E-state index contributed by atoms with van der Waals surface area (Å²) in [7, 11) is 0. The Labute approximate surface area is 167 Å². The van der Waals surface area contributed by atoms with Gasteiger partial charge in [0.15, 0.2) is 0 Å². The molecule has 0 saturated carbocycles. The molecule has 0 radical (unpaired) electrons. The minimum Gasteiger partial charge on any atom is -0.368 e. The van der Waals surface area contributed by atoms with Gasteiger partial charge >= 0.3 is 0 Å². The summed E-state index contributed by atoms with van der Waals surface area (Å²) >= 11 is 0. The summed E-state index contributed by atoms with van der Waals surface area (Å²) in [6, 6.07) is 15.3. The predicted octanol–water partition coefficient (Wildman–Crippen LogP) is 4.52. The minimum absolute atomic E-state index is 0.146. The Balaban J connectivity index is 1.68. The first kappa shape index (κ1) is 20.1. The van der Waals surface area contributed by atoms with Crippen LogP contribution in [0.2, 0.25) is 0 Å². The molecule has 0 heterocycles. The summed E-state index contributed by atoms with van der Waals surface area (Å²) in [4.78, 5) is 25.1. The molecule has 0 bridgehead atoms. The number of carbonyl (C=O) groups excluding carboxylic acids is 2. The van der Waals surface area contributed by atoms with Gasteiger partial charge in [-0.15, -0.1) is 0 Å². The molecule has 2 aromatic rings. The fraction of sp³-hybridized carbons (Fsp3) is 0.417. The fourth-order valence-electron chi connectivity index (χ4n) is 4.11. The highest BCUT2D eigenvalue weighted by atomic mass is 16.2. The molecule has 0 spiro atoms. The Hall–Kier alpha value is -2.62. The van der Waals surface area contributed by atoms with Crippen molar-refractivity contribution in [2.45, 2.75) is 63.8 Å². The van der Waals surface area contributed by atoms with E-state index in [0.717, 1.165) is 41.5 Å². The van der Waals surface area contributed by atoms with Gasteiger partial charge in [0.25, 0.3) is 0 Å². The maximum absolute atomic E-state index is 13.1. The summed E-state index contributed by atoms with van der Waals surface area (Å²) < 4.78 is 0. The van der Waals surface area contributed by atoms with E-state index in [1.54, 1.807) is 0 Å². The average molecular weight is 379 g/mol. The van der Waals surface area contributed by atoms with Crippen molar-refractivity contribution >= 4 is 11.8 Å². The van der Waals surface area contributed by atoms with E-state index < -0.39 is 11.9 Å². The Morgan fingerprint density at radius 1 is 0.893 bits per heavy atom. The van der Waals surface area contributed by atoms with Crippen LogP contribution in [0.25, 0.3) is 11.1 Å². The van der Waals surface area contributed by atoms with Gasteiger partial charge in [-0.3, -0.25) is 9.59 Å². The quantitative estimate of drug-likeness (QED) is 0.597. The Bertz CT molecular complexity index is 785. The van der Waals surface area contributed by atoms with Crippen LogP contribution in [0.3, 0.4) is 0 Å². The largest absolute Gasteiger partial charge is 0.368 e. The molecular formula is C24H30N2O2. The van der Waals surface area contributed by atoms with Gasteiger partial charge in [0, 0.05) is 0 Å². The number of rotatable bonds is 10. The van der Waals surface area contributed by atoms with Gasteiger partial charge in [0.2, 0.25) is 11.8 Å². The number of hydrogen-bond acceptors (Lipinski definition) is 2. The first-order valence-electron chi connectivity index (χ1n) is 10.4. The first-order valence-corrected chi connectivity index (χ1v) is 10.4. The topological polar surface area (TPSA) is 72.2 Å². The zero-order valence-corrected chi connectivity index (χ0v) is 16.6. The molecule has 1 aliphatic carbocycles. The molecule has 2 aromatic carbocycles. The normalized spacial score (nSPS) is 13.6. The predicted molar refractivity (Wildman–Crippen MR) is 113 cm³/mol. The van der Waals surface area contributed by atoms with Gasteiger partial charge in [-0.2, -0.15) is 0 Å². The number of hydrogen-bond donors (Lipinski definition) is 2. The van der Waals surface area contributed by atoms with Crippen LogP contribution in [0.15, 0.2) is 48.5 Å². The van der Waals surface area contributed by atoms with Crippen LogP contribution >= 0.6 is 0 Å². The van der Waals surface area contributed by atoms with E-state index in [-0.39, 0.29) is 11.8 Å². The third-order valence-electron chi connectivity index (χ3n) is 5.60. The Morgan fingerprint density at radius 2 is 1.43 bits per heavy atom. The fourth-order valence-corrected chi connectivity index (χ4v) is 4.11. The number of primary amides is 1. The van der Waals surface area contributed by atoms with E-state index in [9.17, 15) is 9.59 Å². The molecule has 0 saturated heterocycles. The van der Waals surface area contributed by atoms with Crippen molar-refractivity contribution < 1.29 is 9.59 Å². The molecule has 1 aliphatic rings. The van der Waals surface area contributed by atoms with Gasteiger partial charge in [-0.05, 0) is 28.7 Å². The second-order valence-electron chi connectivity index (χ2n) is 7.63. The molecule has 4 nitrogen and oxygen atoms in total. The minimum atomic E-state index is -0.612. The first-order chi connectivity index (χ1) is 13.6. The zero-order valence-electron chi connectivity index (χ0n) is 16.6. The molecule has 28 heavy (non-hydrogen) atoms. The number of benzene rings is 2. The average Bonchev–Trinajstić information content (AvgIpc) is 3.04. The van der Waals surface area contributed by atoms with Crippen LogP contribution in [-0.2, 0) is 9.59 Å². The number of nitrogens with one attached hydrogen (secondary N) is 1.